The third kappa shape index (κ3) is 4.58. The van der Waals surface area contributed by atoms with E-state index in [0.29, 0.717) is 17.8 Å². The van der Waals surface area contributed by atoms with Gasteiger partial charge in [-0.25, -0.2) is 0 Å². The van der Waals surface area contributed by atoms with Gasteiger partial charge in [-0.05, 0) is 62.7 Å². The predicted octanol–water partition coefficient (Wildman–Crippen LogP) is 3.93. The lowest BCUT2D eigenvalue weighted by Crippen LogP contribution is -2.25. The van der Waals surface area contributed by atoms with Crippen LogP contribution in [-0.2, 0) is 4.79 Å². The summed E-state index contributed by atoms with van der Waals surface area (Å²) in [5, 5.41) is 28.9. The fraction of sp³-hybridized carbons (Fsp3) is 0.773. The average Bonchev–Trinajstić information content (AvgIpc) is 3.14. The number of carboxylic acid groups (broad SMARTS) is 1. The molecule has 0 aromatic rings. The molecule has 5 atom stereocenters. The van der Waals surface area contributed by atoms with Crippen LogP contribution >= 0.6 is 0 Å². The molecule has 3 fully saturated rings. The van der Waals surface area contributed by atoms with Gasteiger partial charge in [-0.3, -0.25) is 4.79 Å². The average molecular weight is 363 g/mol. The van der Waals surface area contributed by atoms with E-state index < -0.39 is 5.97 Å². The molecule has 3 saturated carbocycles. The van der Waals surface area contributed by atoms with E-state index >= 15 is 0 Å². The Morgan fingerprint density at radius 1 is 1.19 bits per heavy atom. The molecule has 146 valence electrons. The van der Waals surface area contributed by atoms with E-state index in [1.54, 1.807) is 6.08 Å². The molecule has 0 bridgehead atoms. The highest BCUT2D eigenvalue weighted by molar-refractivity contribution is 5.70. The van der Waals surface area contributed by atoms with Crippen LogP contribution in [0.3, 0.4) is 0 Å². The normalized spacial score (nSPS) is 35.2. The number of carboxylic acids is 1. The summed E-state index contributed by atoms with van der Waals surface area (Å²) in [6.45, 7) is 0.0288. The van der Waals surface area contributed by atoms with Crippen LogP contribution in [0.25, 0.3) is 0 Å². The highest BCUT2D eigenvalue weighted by atomic mass is 16.4. The van der Waals surface area contributed by atoms with E-state index in [1.807, 2.05) is 6.08 Å². The van der Waals surface area contributed by atoms with Gasteiger partial charge in [-0.1, -0.05) is 43.1 Å². The third-order valence-corrected chi connectivity index (χ3v) is 7.02. The molecule has 1 unspecified atom stereocenters. The molecule has 4 heteroatoms. The van der Waals surface area contributed by atoms with Crippen LogP contribution in [0.1, 0.15) is 64.2 Å². The lowest BCUT2D eigenvalue weighted by atomic mass is 9.78. The number of hydrogen-bond donors (Lipinski definition) is 3. The van der Waals surface area contributed by atoms with Gasteiger partial charge in [0.15, 0.2) is 0 Å². The van der Waals surface area contributed by atoms with Gasteiger partial charge in [0.2, 0.25) is 0 Å². The number of aliphatic carboxylic acids is 1. The highest BCUT2D eigenvalue weighted by Gasteiger charge is 2.44. The second kappa shape index (κ2) is 9.18. The van der Waals surface area contributed by atoms with Crippen LogP contribution in [0.15, 0.2) is 23.8 Å². The SMILES string of the molecule is O=C(O)C(CCC=C1C[C@@H]2C[C@@H](O)[C@H](C=CCO)[C@H]2C1)C1CCCCC1. The first-order chi connectivity index (χ1) is 12.6. The maximum absolute atomic E-state index is 11.7. The Morgan fingerprint density at radius 2 is 1.96 bits per heavy atom. The van der Waals surface area contributed by atoms with E-state index in [4.69, 9.17) is 5.11 Å². The Morgan fingerprint density at radius 3 is 2.65 bits per heavy atom. The second-order valence-electron chi connectivity index (χ2n) is 8.61. The number of hydrogen-bond acceptors (Lipinski definition) is 3. The molecule has 0 radical (unpaired) electrons. The standard InChI is InChI=1S/C22H34O4/c23-11-5-10-19-20-13-15(12-17(20)14-21(19)24)6-4-9-18(22(25)26)16-7-2-1-3-8-16/h5-6,10,16-21,23-24H,1-4,7-9,11-14H2,(H,25,26)/t17-,18?,19-,20+,21-/m1/s1. The van der Waals surface area contributed by atoms with Gasteiger partial charge in [0.1, 0.15) is 0 Å². The Kier molecular flexibility index (Phi) is 6.93. The van der Waals surface area contributed by atoms with Gasteiger partial charge < -0.3 is 15.3 Å². The summed E-state index contributed by atoms with van der Waals surface area (Å²) < 4.78 is 0. The zero-order valence-electron chi connectivity index (χ0n) is 15.7. The lowest BCUT2D eigenvalue weighted by molar-refractivity contribution is -0.144. The summed E-state index contributed by atoms with van der Waals surface area (Å²) >= 11 is 0. The monoisotopic (exact) mass is 362 g/mol. The smallest absolute Gasteiger partial charge is 0.306 e. The van der Waals surface area contributed by atoms with Gasteiger partial charge in [0.05, 0.1) is 18.6 Å². The molecule has 3 rings (SSSR count). The number of aliphatic hydroxyl groups is 2. The molecule has 0 aromatic carbocycles. The van der Waals surface area contributed by atoms with E-state index in [1.165, 1.54) is 24.8 Å². The molecule has 4 nitrogen and oxygen atoms in total. The highest BCUT2D eigenvalue weighted by Crippen LogP contribution is 2.50. The van der Waals surface area contributed by atoms with E-state index in [-0.39, 0.29) is 24.5 Å². The molecule has 0 spiro atoms. The summed E-state index contributed by atoms with van der Waals surface area (Å²) in [7, 11) is 0. The van der Waals surface area contributed by atoms with Gasteiger partial charge in [0.25, 0.3) is 0 Å². The molecule has 0 aliphatic heterocycles. The first kappa shape index (κ1) is 19.6. The second-order valence-corrected chi connectivity index (χ2v) is 8.61. The van der Waals surface area contributed by atoms with Crippen molar-refractivity contribution >= 4 is 5.97 Å². The maximum atomic E-state index is 11.7. The summed E-state index contributed by atoms with van der Waals surface area (Å²) in [6, 6.07) is 0. The molecular formula is C22H34O4. The van der Waals surface area contributed by atoms with Crippen molar-refractivity contribution in [1.29, 1.82) is 0 Å². The van der Waals surface area contributed by atoms with Crippen LogP contribution < -0.4 is 0 Å². The van der Waals surface area contributed by atoms with Crippen LogP contribution in [0.5, 0.6) is 0 Å². The van der Waals surface area contributed by atoms with Crippen LogP contribution in [0.4, 0.5) is 0 Å². The van der Waals surface area contributed by atoms with Crippen molar-refractivity contribution in [3.05, 3.63) is 23.8 Å². The molecule has 26 heavy (non-hydrogen) atoms. The first-order valence-corrected chi connectivity index (χ1v) is 10.5. The minimum Gasteiger partial charge on any atom is -0.481 e. The van der Waals surface area contributed by atoms with Crippen molar-refractivity contribution in [2.45, 2.75) is 70.3 Å². The van der Waals surface area contributed by atoms with Crippen molar-refractivity contribution in [1.82, 2.24) is 0 Å². The molecule has 3 aliphatic rings. The number of carbonyl (C=O) groups is 1. The van der Waals surface area contributed by atoms with Crippen molar-refractivity contribution < 1.29 is 20.1 Å². The molecule has 0 saturated heterocycles. The molecule has 3 N–H and O–H groups in total. The van der Waals surface area contributed by atoms with Crippen LogP contribution in [0.2, 0.25) is 0 Å². The first-order valence-electron chi connectivity index (χ1n) is 10.5. The molecule has 0 amide bonds. The predicted molar refractivity (Wildman–Crippen MR) is 102 cm³/mol. The van der Waals surface area contributed by atoms with E-state index in [9.17, 15) is 15.0 Å². The van der Waals surface area contributed by atoms with Crippen molar-refractivity contribution in [3.8, 4) is 0 Å². The Balaban J connectivity index is 1.53. The van der Waals surface area contributed by atoms with Crippen molar-refractivity contribution in [3.63, 3.8) is 0 Å². The number of allylic oxidation sites excluding steroid dienone is 2. The third-order valence-electron chi connectivity index (χ3n) is 7.02. The Hall–Kier alpha value is -1.13. The number of rotatable bonds is 7. The fourth-order valence-electron chi connectivity index (χ4n) is 5.72. The van der Waals surface area contributed by atoms with E-state index in [0.717, 1.165) is 44.9 Å². The maximum Gasteiger partial charge on any atom is 0.306 e. The summed E-state index contributed by atoms with van der Waals surface area (Å²) in [5.74, 6) is 0.745. The number of fused-ring (bicyclic) bond motifs is 1. The fourth-order valence-corrected chi connectivity index (χ4v) is 5.72. The minimum atomic E-state index is -0.615. The minimum absolute atomic E-state index is 0.0288. The largest absolute Gasteiger partial charge is 0.481 e. The topological polar surface area (TPSA) is 77.8 Å². The molecule has 0 aromatic heterocycles. The number of aliphatic hydroxyl groups excluding tert-OH is 2. The summed E-state index contributed by atoms with van der Waals surface area (Å²) in [6.07, 6.45) is 16.1. The van der Waals surface area contributed by atoms with Gasteiger partial charge in [0, 0.05) is 5.92 Å². The van der Waals surface area contributed by atoms with Gasteiger partial charge >= 0.3 is 5.97 Å². The van der Waals surface area contributed by atoms with Crippen LogP contribution in [-0.4, -0.2) is 34.0 Å². The lowest BCUT2D eigenvalue weighted by Gasteiger charge is -2.27. The van der Waals surface area contributed by atoms with Crippen molar-refractivity contribution in [2.24, 2.45) is 29.6 Å². The summed E-state index contributed by atoms with van der Waals surface area (Å²) in [5.41, 5.74) is 1.45. The van der Waals surface area contributed by atoms with E-state index in [2.05, 4.69) is 6.08 Å². The summed E-state index contributed by atoms with van der Waals surface area (Å²) in [4.78, 5) is 11.7. The zero-order valence-corrected chi connectivity index (χ0v) is 15.7. The van der Waals surface area contributed by atoms with Gasteiger partial charge in [-0.15, -0.1) is 0 Å². The van der Waals surface area contributed by atoms with Crippen molar-refractivity contribution in [2.75, 3.05) is 6.61 Å². The van der Waals surface area contributed by atoms with Crippen LogP contribution in [0, 0.1) is 29.6 Å². The van der Waals surface area contributed by atoms with Gasteiger partial charge in [-0.2, -0.15) is 0 Å². The zero-order chi connectivity index (χ0) is 18.5. The molecular weight excluding hydrogens is 328 g/mol. The molecule has 3 aliphatic carbocycles. The molecule has 0 heterocycles. The Labute approximate surface area is 157 Å². The quantitative estimate of drug-likeness (QED) is 0.600. The Bertz CT molecular complexity index is 532.